The summed E-state index contributed by atoms with van der Waals surface area (Å²) in [6.07, 6.45) is 10.2. The topological polar surface area (TPSA) is 86.9 Å². The molecule has 2 aliphatic rings. The van der Waals surface area contributed by atoms with Gasteiger partial charge in [-0.05, 0) is 43.5 Å². The summed E-state index contributed by atoms with van der Waals surface area (Å²) in [5.74, 6) is 0.354. The maximum atomic E-state index is 15.5. The van der Waals surface area contributed by atoms with E-state index in [-0.39, 0.29) is 23.7 Å². The summed E-state index contributed by atoms with van der Waals surface area (Å²) in [6.45, 7) is 13.7. The Balaban J connectivity index is 1.12. The van der Waals surface area contributed by atoms with E-state index in [2.05, 4.69) is 59.0 Å². The van der Waals surface area contributed by atoms with Crippen molar-refractivity contribution in [2.75, 3.05) is 24.6 Å². The molecule has 2 aromatic heterocycles. The molecule has 2 aliphatic heterocycles. The standard InChI is InChI=1S/C31H43FN6O3Si/c1-31(2,3)42(4,5)41-21-23-9-8-10-27(29(23)32)24-19-33-30(34-20-24)37-15-12-25(13-16-37)36-40-22-26-14-17-38(35-26)28-11-6-7-18-39-28/h8-10,14,17,19-20,28H,6-7,11-13,15-16,18,21-22H2,1-5H3. The van der Waals surface area contributed by atoms with E-state index >= 15 is 4.39 Å². The molecule has 0 aliphatic carbocycles. The fraction of sp³-hybridized carbons (Fsp3) is 0.548. The summed E-state index contributed by atoms with van der Waals surface area (Å²) in [5.41, 5.74) is 3.54. The Hall–Kier alpha value is -3.15. The van der Waals surface area contributed by atoms with Crippen LogP contribution in [0.4, 0.5) is 10.3 Å². The maximum absolute atomic E-state index is 15.5. The number of hydrogen-bond donors (Lipinski definition) is 0. The van der Waals surface area contributed by atoms with Crippen LogP contribution >= 0.6 is 0 Å². The highest BCUT2D eigenvalue weighted by molar-refractivity contribution is 6.74. The number of anilines is 1. The van der Waals surface area contributed by atoms with Crippen molar-refractivity contribution in [1.29, 1.82) is 0 Å². The molecule has 9 nitrogen and oxygen atoms in total. The predicted octanol–water partition coefficient (Wildman–Crippen LogP) is 6.87. The second kappa shape index (κ2) is 13.0. The molecule has 4 heterocycles. The molecule has 1 unspecified atom stereocenters. The highest BCUT2D eigenvalue weighted by atomic mass is 28.4. The Morgan fingerprint density at radius 3 is 2.52 bits per heavy atom. The lowest BCUT2D eigenvalue weighted by atomic mass is 10.1. The zero-order valence-electron chi connectivity index (χ0n) is 25.5. The fourth-order valence-electron chi connectivity index (χ4n) is 4.81. The van der Waals surface area contributed by atoms with Gasteiger partial charge in [0.15, 0.2) is 14.9 Å². The lowest BCUT2D eigenvalue weighted by Gasteiger charge is -2.36. The summed E-state index contributed by atoms with van der Waals surface area (Å²) >= 11 is 0. The first-order chi connectivity index (χ1) is 20.1. The molecule has 3 aromatic rings. The van der Waals surface area contributed by atoms with E-state index in [0.717, 1.165) is 63.2 Å². The van der Waals surface area contributed by atoms with Crippen molar-refractivity contribution < 1.29 is 18.4 Å². The molecule has 0 radical (unpaired) electrons. The zero-order valence-corrected chi connectivity index (χ0v) is 26.5. The molecule has 2 fully saturated rings. The predicted molar refractivity (Wildman–Crippen MR) is 164 cm³/mol. The molecule has 226 valence electrons. The van der Waals surface area contributed by atoms with Crippen molar-refractivity contribution in [3.63, 3.8) is 0 Å². The summed E-state index contributed by atoms with van der Waals surface area (Å²) < 4.78 is 29.4. The normalized spacial score (nSPS) is 18.3. The van der Waals surface area contributed by atoms with Gasteiger partial charge in [-0.15, -0.1) is 0 Å². The van der Waals surface area contributed by atoms with Crippen LogP contribution in [0.3, 0.4) is 0 Å². The molecule has 1 atom stereocenters. The zero-order chi connectivity index (χ0) is 29.7. The van der Waals surface area contributed by atoms with Gasteiger partial charge in [-0.2, -0.15) is 5.10 Å². The van der Waals surface area contributed by atoms with Crippen LogP contribution in [0, 0.1) is 5.82 Å². The number of ether oxygens (including phenoxy) is 1. The molecule has 0 bridgehead atoms. The Kier molecular flexibility index (Phi) is 9.39. The highest BCUT2D eigenvalue weighted by Crippen LogP contribution is 2.37. The van der Waals surface area contributed by atoms with E-state index in [9.17, 15) is 0 Å². The molecule has 0 saturated carbocycles. The van der Waals surface area contributed by atoms with Gasteiger partial charge < -0.3 is 18.9 Å². The smallest absolute Gasteiger partial charge is 0.225 e. The quantitative estimate of drug-likeness (QED) is 0.197. The van der Waals surface area contributed by atoms with Crippen LogP contribution < -0.4 is 4.90 Å². The van der Waals surface area contributed by atoms with Gasteiger partial charge in [0, 0.05) is 67.8 Å². The third-order valence-corrected chi connectivity index (χ3v) is 13.0. The number of aromatic nitrogens is 4. The largest absolute Gasteiger partial charge is 0.412 e. The van der Waals surface area contributed by atoms with Gasteiger partial charge in [-0.3, -0.25) is 0 Å². The number of nitrogens with zero attached hydrogens (tertiary/aromatic N) is 6. The number of rotatable bonds is 9. The summed E-state index contributed by atoms with van der Waals surface area (Å²) in [7, 11) is -1.99. The molecule has 0 spiro atoms. The van der Waals surface area contributed by atoms with Crippen molar-refractivity contribution >= 4 is 20.0 Å². The molecule has 1 aromatic carbocycles. The first-order valence-corrected chi connectivity index (χ1v) is 17.8. The van der Waals surface area contributed by atoms with Crippen LogP contribution in [-0.4, -0.2) is 53.5 Å². The van der Waals surface area contributed by atoms with Gasteiger partial charge in [0.1, 0.15) is 17.7 Å². The summed E-state index contributed by atoms with van der Waals surface area (Å²) in [6, 6.07) is 7.37. The molecule has 0 amide bonds. The summed E-state index contributed by atoms with van der Waals surface area (Å²) in [4.78, 5) is 16.9. The summed E-state index contributed by atoms with van der Waals surface area (Å²) in [5, 5.41) is 9.01. The van der Waals surface area contributed by atoms with Crippen molar-refractivity contribution in [3.05, 3.63) is 59.9 Å². The van der Waals surface area contributed by atoms with Crippen LogP contribution in [0.15, 0.2) is 48.0 Å². The Morgan fingerprint density at radius 1 is 1.07 bits per heavy atom. The van der Waals surface area contributed by atoms with E-state index < -0.39 is 8.32 Å². The van der Waals surface area contributed by atoms with Crippen molar-refractivity contribution in [1.82, 2.24) is 19.7 Å². The van der Waals surface area contributed by atoms with Gasteiger partial charge in [-0.1, -0.05) is 44.1 Å². The van der Waals surface area contributed by atoms with Gasteiger partial charge in [-0.25, -0.2) is 19.0 Å². The third-order valence-electron chi connectivity index (χ3n) is 8.57. The van der Waals surface area contributed by atoms with Gasteiger partial charge in [0.2, 0.25) is 5.95 Å². The van der Waals surface area contributed by atoms with E-state index in [0.29, 0.717) is 29.2 Å². The molecular weight excluding hydrogens is 551 g/mol. The third kappa shape index (κ3) is 7.24. The second-order valence-electron chi connectivity index (χ2n) is 12.6. The maximum Gasteiger partial charge on any atom is 0.225 e. The SMILES string of the molecule is CC(C)(C)[Si](C)(C)OCc1cccc(-c2cnc(N3CCC(=NOCc4ccn(C5CCCCO5)n4)CC3)nc2)c1F. The van der Waals surface area contributed by atoms with Crippen molar-refractivity contribution in [2.45, 2.75) is 90.4 Å². The van der Waals surface area contributed by atoms with E-state index in [4.69, 9.17) is 14.0 Å². The van der Waals surface area contributed by atoms with Crippen LogP contribution in [0.1, 0.15) is 70.4 Å². The van der Waals surface area contributed by atoms with Gasteiger partial charge >= 0.3 is 0 Å². The van der Waals surface area contributed by atoms with Crippen molar-refractivity contribution in [2.24, 2.45) is 5.16 Å². The lowest BCUT2D eigenvalue weighted by Crippen LogP contribution is -2.40. The molecule has 42 heavy (non-hydrogen) atoms. The van der Waals surface area contributed by atoms with Gasteiger partial charge in [0.05, 0.1) is 12.3 Å². The number of hydrogen-bond acceptors (Lipinski definition) is 8. The number of benzene rings is 1. The monoisotopic (exact) mass is 594 g/mol. The Labute approximate surface area is 249 Å². The Bertz CT molecular complexity index is 1360. The second-order valence-corrected chi connectivity index (χ2v) is 17.4. The fourth-order valence-corrected chi connectivity index (χ4v) is 5.75. The minimum atomic E-state index is -1.99. The molecule has 5 rings (SSSR count). The van der Waals surface area contributed by atoms with Gasteiger partial charge in [0.25, 0.3) is 0 Å². The highest BCUT2D eigenvalue weighted by Gasteiger charge is 2.37. The number of halogens is 1. The lowest BCUT2D eigenvalue weighted by molar-refractivity contribution is -0.0400. The number of piperidine rings is 1. The van der Waals surface area contributed by atoms with Crippen LogP contribution in [0.2, 0.25) is 18.1 Å². The van der Waals surface area contributed by atoms with E-state index in [1.807, 2.05) is 23.0 Å². The average Bonchev–Trinajstić information content (AvgIpc) is 3.46. The average molecular weight is 595 g/mol. The minimum Gasteiger partial charge on any atom is -0.412 e. The van der Waals surface area contributed by atoms with Crippen LogP contribution in [0.5, 0.6) is 0 Å². The molecule has 0 N–H and O–H groups in total. The van der Waals surface area contributed by atoms with Crippen molar-refractivity contribution in [3.8, 4) is 11.1 Å². The first-order valence-electron chi connectivity index (χ1n) is 14.9. The first kappa shape index (κ1) is 30.3. The molecule has 11 heteroatoms. The van der Waals surface area contributed by atoms with Crippen LogP contribution in [-0.2, 0) is 27.2 Å². The minimum absolute atomic E-state index is 0.0237. The van der Waals surface area contributed by atoms with Crippen LogP contribution in [0.25, 0.3) is 11.1 Å². The molecular formula is C31H43FN6O3Si. The Morgan fingerprint density at radius 2 is 1.83 bits per heavy atom. The van der Waals surface area contributed by atoms with E-state index in [1.165, 1.54) is 0 Å². The molecule has 2 saturated heterocycles. The van der Waals surface area contributed by atoms with E-state index in [1.54, 1.807) is 24.5 Å². The number of oxime groups is 1.